The fourth-order valence-electron chi connectivity index (χ4n) is 1.67. The Bertz CT molecular complexity index is 523. The van der Waals surface area contributed by atoms with E-state index in [1.165, 1.54) is 0 Å². The normalized spacial score (nSPS) is 12.1. The van der Waals surface area contributed by atoms with Crippen LogP contribution in [0.4, 0.5) is 0 Å². The lowest BCUT2D eigenvalue weighted by Crippen LogP contribution is -2.32. The minimum Gasteiger partial charge on any atom is -0.480 e. The summed E-state index contributed by atoms with van der Waals surface area (Å²) in [5.41, 5.74) is 8.19. The van der Waals surface area contributed by atoms with E-state index in [-0.39, 0.29) is 6.42 Å². The Morgan fingerprint density at radius 3 is 2.50 bits per heavy atom. The first-order valence-electron chi connectivity index (χ1n) is 5.65. The number of carboxylic acid groups (broad SMARTS) is 1. The lowest BCUT2D eigenvalue weighted by atomic mass is 10.1. The van der Waals surface area contributed by atoms with Crippen LogP contribution in [0.2, 0.25) is 0 Å². The van der Waals surface area contributed by atoms with E-state index in [0.717, 1.165) is 16.8 Å². The lowest BCUT2D eigenvalue weighted by molar-refractivity contribution is -0.138. The molecule has 4 heteroatoms. The number of pyridine rings is 1. The Morgan fingerprint density at radius 2 is 1.94 bits per heavy atom. The zero-order valence-corrected chi connectivity index (χ0v) is 9.78. The van der Waals surface area contributed by atoms with E-state index in [9.17, 15) is 4.79 Å². The molecule has 0 fully saturated rings. The van der Waals surface area contributed by atoms with Gasteiger partial charge in [-0.15, -0.1) is 0 Å². The summed E-state index contributed by atoms with van der Waals surface area (Å²) in [7, 11) is 0. The smallest absolute Gasteiger partial charge is 0.320 e. The van der Waals surface area contributed by atoms with Gasteiger partial charge in [-0.3, -0.25) is 9.78 Å². The molecule has 0 radical (unpaired) electrons. The van der Waals surface area contributed by atoms with Gasteiger partial charge in [0.2, 0.25) is 0 Å². The predicted octanol–water partition coefficient (Wildman–Crippen LogP) is 1.70. The molecule has 0 saturated heterocycles. The van der Waals surface area contributed by atoms with Gasteiger partial charge in [0.05, 0.1) is 5.69 Å². The molecule has 0 amide bonds. The molecule has 0 aliphatic rings. The highest BCUT2D eigenvalue weighted by atomic mass is 16.4. The molecule has 0 aliphatic carbocycles. The van der Waals surface area contributed by atoms with Gasteiger partial charge in [0.25, 0.3) is 0 Å². The van der Waals surface area contributed by atoms with Crippen LogP contribution >= 0.6 is 0 Å². The number of hydrogen-bond donors (Lipinski definition) is 2. The van der Waals surface area contributed by atoms with Crippen molar-refractivity contribution in [2.75, 3.05) is 0 Å². The number of aromatic nitrogens is 1. The third kappa shape index (κ3) is 2.93. The molecular formula is C14H14N2O2. The van der Waals surface area contributed by atoms with Crippen molar-refractivity contribution in [2.45, 2.75) is 12.5 Å². The van der Waals surface area contributed by atoms with E-state index in [2.05, 4.69) is 4.98 Å². The molecule has 2 aromatic rings. The molecular weight excluding hydrogens is 228 g/mol. The van der Waals surface area contributed by atoms with Crippen molar-refractivity contribution < 1.29 is 9.90 Å². The third-order valence-electron chi connectivity index (χ3n) is 2.67. The summed E-state index contributed by atoms with van der Waals surface area (Å²) in [5, 5.41) is 8.73. The zero-order valence-electron chi connectivity index (χ0n) is 9.78. The first kappa shape index (κ1) is 12.3. The van der Waals surface area contributed by atoms with Crippen LogP contribution in [0.25, 0.3) is 11.3 Å². The second-order valence-corrected chi connectivity index (χ2v) is 4.07. The summed E-state index contributed by atoms with van der Waals surface area (Å²) in [4.78, 5) is 15.0. The van der Waals surface area contributed by atoms with Gasteiger partial charge >= 0.3 is 5.97 Å². The van der Waals surface area contributed by atoms with Crippen molar-refractivity contribution in [2.24, 2.45) is 5.73 Å². The number of carbonyl (C=O) groups is 1. The molecule has 4 nitrogen and oxygen atoms in total. The first-order chi connectivity index (χ1) is 8.66. The van der Waals surface area contributed by atoms with Gasteiger partial charge in [-0.05, 0) is 18.1 Å². The monoisotopic (exact) mass is 242 g/mol. The second-order valence-electron chi connectivity index (χ2n) is 4.07. The highest BCUT2D eigenvalue weighted by Gasteiger charge is 2.12. The number of nitrogens with zero attached hydrogens (tertiary/aromatic N) is 1. The fourth-order valence-corrected chi connectivity index (χ4v) is 1.67. The molecule has 92 valence electrons. The summed E-state index contributed by atoms with van der Waals surface area (Å²) < 4.78 is 0. The van der Waals surface area contributed by atoms with Crippen LogP contribution in [0.3, 0.4) is 0 Å². The van der Waals surface area contributed by atoms with Gasteiger partial charge < -0.3 is 10.8 Å². The molecule has 1 aromatic heterocycles. The van der Waals surface area contributed by atoms with E-state index >= 15 is 0 Å². The van der Waals surface area contributed by atoms with E-state index in [0.29, 0.717) is 0 Å². The van der Waals surface area contributed by atoms with Crippen molar-refractivity contribution in [3.63, 3.8) is 0 Å². The van der Waals surface area contributed by atoms with E-state index in [4.69, 9.17) is 10.8 Å². The van der Waals surface area contributed by atoms with Crippen molar-refractivity contribution in [3.8, 4) is 11.3 Å². The minimum absolute atomic E-state index is 0.289. The van der Waals surface area contributed by atoms with Gasteiger partial charge in [0, 0.05) is 11.8 Å². The van der Waals surface area contributed by atoms with E-state index in [1.54, 1.807) is 6.20 Å². The molecule has 0 saturated carbocycles. The Morgan fingerprint density at radius 1 is 1.22 bits per heavy atom. The largest absolute Gasteiger partial charge is 0.480 e. The minimum atomic E-state index is -0.998. The van der Waals surface area contributed by atoms with Gasteiger partial charge in [0.15, 0.2) is 0 Å². The van der Waals surface area contributed by atoms with Crippen molar-refractivity contribution in [1.82, 2.24) is 4.98 Å². The topological polar surface area (TPSA) is 76.2 Å². The van der Waals surface area contributed by atoms with Gasteiger partial charge in [0.1, 0.15) is 6.04 Å². The molecule has 0 spiro atoms. The third-order valence-corrected chi connectivity index (χ3v) is 2.67. The molecule has 0 bridgehead atoms. The van der Waals surface area contributed by atoms with Gasteiger partial charge in [-0.25, -0.2) is 0 Å². The molecule has 3 N–H and O–H groups in total. The number of nitrogens with two attached hydrogens (primary N) is 1. The summed E-state index contributed by atoms with van der Waals surface area (Å²) in [6.07, 6.45) is 1.96. The summed E-state index contributed by atoms with van der Waals surface area (Å²) in [6.45, 7) is 0. The molecule has 2 rings (SSSR count). The average molecular weight is 242 g/mol. The standard InChI is InChI=1S/C14H14N2O2/c15-12(14(17)18)8-10-6-7-13(16-9-10)11-4-2-1-3-5-11/h1-7,9,12H,8,15H2,(H,17,18). The number of rotatable bonds is 4. The van der Waals surface area contributed by atoms with E-state index < -0.39 is 12.0 Å². The maximum atomic E-state index is 10.6. The number of hydrogen-bond acceptors (Lipinski definition) is 3. The van der Waals surface area contributed by atoms with Crippen LogP contribution < -0.4 is 5.73 Å². The summed E-state index contributed by atoms with van der Waals surface area (Å²) in [6, 6.07) is 12.7. The maximum Gasteiger partial charge on any atom is 0.320 e. The second kappa shape index (κ2) is 5.42. The number of carboxylic acids is 1. The Hall–Kier alpha value is -2.20. The molecule has 1 unspecified atom stereocenters. The van der Waals surface area contributed by atoms with Crippen molar-refractivity contribution >= 4 is 5.97 Å². The Balaban J connectivity index is 2.13. The van der Waals surface area contributed by atoms with Crippen LogP contribution in [0, 0.1) is 0 Å². The number of aliphatic carboxylic acids is 1. The zero-order chi connectivity index (χ0) is 13.0. The lowest BCUT2D eigenvalue weighted by Gasteiger charge is -2.07. The first-order valence-corrected chi connectivity index (χ1v) is 5.65. The maximum absolute atomic E-state index is 10.6. The van der Waals surface area contributed by atoms with Crippen LogP contribution in [0.1, 0.15) is 5.56 Å². The predicted molar refractivity (Wildman–Crippen MR) is 69.0 cm³/mol. The highest BCUT2D eigenvalue weighted by molar-refractivity contribution is 5.73. The molecule has 1 atom stereocenters. The van der Waals surface area contributed by atoms with Crippen molar-refractivity contribution in [3.05, 3.63) is 54.2 Å². The van der Waals surface area contributed by atoms with Crippen LogP contribution in [0.5, 0.6) is 0 Å². The Kier molecular flexibility index (Phi) is 3.69. The van der Waals surface area contributed by atoms with E-state index in [1.807, 2.05) is 42.5 Å². The van der Waals surface area contributed by atoms with Crippen molar-refractivity contribution in [1.29, 1.82) is 0 Å². The summed E-state index contributed by atoms with van der Waals surface area (Å²) >= 11 is 0. The molecule has 18 heavy (non-hydrogen) atoms. The molecule has 0 aliphatic heterocycles. The van der Waals surface area contributed by atoms with Crippen LogP contribution in [-0.2, 0) is 11.2 Å². The van der Waals surface area contributed by atoms with Gasteiger partial charge in [-0.1, -0.05) is 36.4 Å². The fraction of sp³-hybridized carbons (Fsp3) is 0.143. The molecule has 1 heterocycles. The average Bonchev–Trinajstić information content (AvgIpc) is 2.40. The summed E-state index contributed by atoms with van der Waals surface area (Å²) in [5.74, 6) is -0.998. The highest BCUT2D eigenvalue weighted by Crippen LogP contribution is 2.16. The SMILES string of the molecule is NC(Cc1ccc(-c2ccccc2)nc1)C(=O)O. The van der Waals surface area contributed by atoms with Gasteiger partial charge in [-0.2, -0.15) is 0 Å². The molecule has 1 aromatic carbocycles. The Labute approximate surface area is 105 Å². The van der Waals surface area contributed by atoms with Crippen LogP contribution in [0.15, 0.2) is 48.7 Å². The van der Waals surface area contributed by atoms with Crippen LogP contribution in [-0.4, -0.2) is 22.1 Å². The number of benzene rings is 1. The quantitative estimate of drug-likeness (QED) is 0.855.